The van der Waals surface area contributed by atoms with Crippen molar-refractivity contribution >= 4 is 11.5 Å². The minimum Gasteiger partial charge on any atom is -0.295 e. The summed E-state index contributed by atoms with van der Waals surface area (Å²) in [4.78, 5) is 25.9. The van der Waals surface area contributed by atoms with Gasteiger partial charge in [0.1, 0.15) is 0 Å². The van der Waals surface area contributed by atoms with Crippen LogP contribution in [0.3, 0.4) is 0 Å². The smallest absolute Gasteiger partial charge is 0.270 e. The molecule has 0 N–H and O–H groups in total. The van der Waals surface area contributed by atoms with E-state index in [0.29, 0.717) is 5.56 Å². The number of hydrogen-bond donors (Lipinski definition) is 0. The molecular formula is C15H12N2O3. The fourth-order valence-corrected chi connectivity index (χ4v) is 1.90. The zero-order valence-electron chi connectivity index (χ0n) is 10.7. The van der Waals surface area contributed by atoms with Gasteiger partial charge in [0.2, 0.25) is 0 Å². The average molecular weight is 268 g/mol. The van der Waals surface area contributed by atoms with Gasteiger partial charge in [0.15, 0.2) is 5.78 Å². The van der Waals surface area contributed by atoms with Gasteiger partial charge < -0.3 is 0 Å². The van der Waals surface area contributed by atoms with E-state index in [2.05, 4.69) is 11.6 Å². The van der Waals surface area contributed by atoms with E-state index >= 15 is 0 Å². The van der Waals surface area contributed by atoms with Crippen LogP contribution in [0.5, 0.6) is 0 Å². The van der Waals surface area contributed by atoms with E-state index < -0.39 is 4.92 Å². The van der Waals surface area contributed by atoms with Crippen LogP contribution in [0, 0.1) is 10.1 Å². The first-order valence-corrected chi connectivity index (χ1v) is 5.95. The molecule has 1 aromatic heterocycles. The van der Waals surface area contributed by atoms with E-state index in [1.54, 1.807) is 30.6 Å². The number of nitro benzene ring substituents is 1. The second-order valence-electron chi connectivity index (χ2n) is 4.19. The summed E-state index contributed by atoms with van der Waals surface area (Å²) in [6, 6.07) is 8.04. The molecule has 0 fully saturated rings. The van der Waals surface area contributed by atoms with E-state index in [4.69, 9.17) is 0 Å². The van der Waals surface area contributed by atoms with Crippen LogP contribution in [0.4, 0.5) is 5.69 Å². The molecular weight excluding hydrogens is 256 g/mol. The normalized spacial score (nSPS) is 10.0. The molecule has 100 valence electrons. The predicted octanol–water partition coefficient (Wildman–Crippen LogP) is 2.95. The molecule has 5 nitrogen and oxygen atoms in total. The van der Waals surface area contributed by atoms with Crippen LogP contribution in [0.2, 0.25) is 0 Å². The maximum atomic E-state index is 11.5. The van der Waals surface area contributed by atoms with Crippen molar-refractivity contribution in [1.82, 2.24) is 4.98 Å². The lowest BCUT2D eigenvalue weighted by Gasteiger charge is -2.07. The lowest BCUT2D eigenvalue weighted by atomic mass is 9.98. The Morgan fingerprint density at radius 3 is 2.90 bits per heavy atom. The number of carbonyl (C=O) groups is 1. The lowest BCUT2D eigenvalue weighted by Crippen LogP contribution is -2.00. The highest BCUT2D eigenvalue weighted by Gasteiger charge is 2.11. The zero-order valence-corrected chi connectivity index (χ0v) is 10.7. The molecule has 0 radical (unpaired) electrons. The van der Waals surface area contributed by atoms with Crippen LogP contribution >= 0.6 is 0 Å². The molecule has 0 aliphatic rings. The third kappa shape index (κ3) is 2.95. The first-order valence-electron chi connectivity index (χ1n) is 5.95. The molecule has 2 rings (SSSR count). The van der Waals surface area contributed by atoms with Crippen molar-refractivity contribution < 1.29 is 9.72 Å². The van der Waals surface area contributed by atoms with Gasteiger partial charge in [-0.2, -0.15) is 0 Å². The maximum absolute atomic E-state index is 11.5. The number of nitro groups is 1. The molecule has 0 unspecified atom stereocenters. The van der Waals surface area contributed by atoms with E-state index in [1.165, 1.54) is 18.2 Å². The van der Waals surface area contributed by atoms with E-state index in [0.717, 1.165) is 11.1 Å². The van der Waals surface area contributed by atoms with E-state index in [1.807, 2.05) is 0 Å². The number of benzene rings is 1. The van der Waals surface area contributed by atoms with Crippen LogP contribution in [0.15, 0.2) is 55.4 Å². The monoisotopic (exact) mass is 268 g/mol. The van der Waals surface area contributed by atoms with Crippen LogP contribution in [-0.2, 0) is 11.2 Å². The van der Waals surface area contributed by atoms with E-state index in [9.17, 15) is 14.9 Å². The Balaban J connectivity index is 2.47. The minimum atomic E-state index is -0.445. The molecule has 0 atom stereocenters. The quantitative estimate of drug-likeness (QED) is 0.474. The number of pyridine rings is 1. The van der Waals surface area contributed by atoms with Gasteiger partial charge in [0.25, 0.3) is 5.69 Å². The molecule has 20 heavy (non-hydrogen) atoms. The predicted molar refractivity (Wildman–Crippen MR) is 75.2 cm³/mol. The van der Waals surface area contributed by atoms with Gasteiger partial charge in [-0.1, -0.05) is 18.7 Å². The third-order valence-electron chi connectivity index (χ3n) is 2.86. The van der Waals surface area contributed by atoms with Crippen LogP contribution in [0.25, 0.3) is 11.1 Å². The van der Waals surface area contributed by atoms with Gasteiger partial charge in [-0.05, 0) is 28.8 Å². The summed E-state index contributed by atoms with van der Waals surface area (Å²) >= 11 is 0. The Morgan fingerprint density at radius 1 is 1.40 bits per heavy atom. The number of rotatable bonds is 5. The maximum Gasteiger partial charge on any atom is 0.270 e. The summed E-state index contributed by atoms with van der Waals surface area (Å²) in [5, 5.41) is 10.8. The van der Waals surface area contributed by atoms with E-state index in [-0.39, 0.29) is 17.9 Å². The number of ketones is 1. The van der Waals surface area contributed by atoms with Crippen LogP contribution in [-0.4, -0.2) is 15.7 Å². The van der Waals surface area contributed by atoms with Crippen molar-refractivity contribution in [2.24, 2.45) is 0 Å². The zero-order chi connectivity index (χ0) is 14.5. The van der Waals surface area contributed by atoms with Crippen molar-refractivity contribution in [2.45, 2.75) is 6.42 Å². The van der Waals surface area contributed by atoms with Crippen LogP contribution < -0.4 is 0 Å². The molecule has 0 saturated carbocycles. The second kappa shape index (κ2) is 5.88. The van der Waals surface area contributed by atoms with Gasteiger partial charge >= 0.3 is 0 Å². The standard InChI is InChI=1S/C15H12N2O3/c1-2-14(18)9-12-10-16-7-6-15(12)11-4-3-5-13(8-11)17(19)20/h2-8,10H,1,9H2. The Hall–Kier alpha value is -2.82. The number of allylic oxidation sites excluding steroid dienone is 1. The highest BCUT2D eigenvalue weighted by Crippen LogP contribution is 2.26. The molecule has 2 aromatic rings. The Labute approximate surface area is 115 Å². The van der Waals surface area contributed by atoms with Gasteiger partial charge in [-0.15, -0.1) is 0 Å². The van der Waals surface area contributed by atoms with Gasteiger partial charge in [-0.25, -0.2) is 0 Å². The average Bonchev–Trinajstić information content (AvgIpc) is 2.47. The first kappa shape index (κ1) is 13.6. The Kier molecular flexibility index (Phi) is 4.00. The first-order chi connectivity index (χ1) is 9.61. The SMILES string of the molecule is C=CC(=O)Cc1cnccc1-c1cccc([N+](=O)[O-])c1. The summed E-state index contributed by atoms with van der Waals surface area (Å²) in [5.74, 6) is -0.121. The van der Waals surface area contributed by atoms with Gasteiger partial charge in [0.05, 0.1) is 4.92 Å². The topological polar surface area (TPSA) is 73.1 Å². The highest BCUT2D eigenvalue weighted by atomic mass is 16.6. The molecule has 0 amide bonds. The van der Waals surface area contributed by atoms with Crippen molar-refractivity contribution in [1.29, 1.82) is 0 Å². The summed E-state index contributed by atoms with van der Waals surface area (Å²) in [6.07, 6.45) is 4.62. The third-order valence-corrected chi connectivity index (χ3v) is 2.86. The number of non-ortho nitro benzene ring substituents is 1. The summed E-state index contributed by atoms with van der Waals surface area (Å²) in [6.45, 7) is 3.44. The minimum absolute atomic E-state index is 0.0142. The molecule has 1 heterocycles. The molecule has 0 spiro atoms. The molecule has 0 aliphatic carbocycles. The molecule has 0 saturated heterocycles. The molecule has 5 heteroatoms. The number of hydrogen-bond acceptors (Lipinski definition) is 4. The highest BCUT2D eigenvalue weighted by molar-refractivity contribution is 5.92. The van der Waals surface area contributed by atoms with Crippen molar-refractivity contribution in [2.75, 3.05) is 0 Å². The molecule has 0 aliphatic heterocycles. The molecule has 0 bridgehead atoms. The Morgan fingerprint density at radius 2 is 2.20 bits per heavy atom. The summed E-state index contributed by atoms with van der Waals surface area (Å²) in [7, 11) is 0. The summed E-state index contributed by atoms with van der Waals surface area (Å²) < 4.78 is 0. The fourth-order valence-electron chi connectivity index (χ4n) is 1.90. The molecule has 1 aromatic carbocycles. The van der Waals surface area contributed by atoms with Crippen molar-refractivity contribution in [3.8, 4) is 11.1 Å². The Bertz CT molecular complexity index is 680. The van der Waals surface area contributed by atoms with Crippen molar-refractivity contribution in [3.05, 3.63) is 71.1 Å². The second-order valence-corrected chi connectivity index (χ2v) is 4.19. The number of carbonyl (C=O) groups excluding carboxylic acids is 1. The largest absolute Gasteiger partial charge is 0.295 e. The summed E-state index contributed by atoms with van der Waals surface area (Å²) in [5.41, 5.74) is 2.19. The number of aromatic nitrogens is 1. The van der Waals surface area contributed by atoms with Crippen molar-refractivity contribution in [3.63, 3.8) is 0 Å². The van der Waals surface area contributed by atoms with Crippen LogP contribution in [0.1, 0.15) is 5.56 Å². The lowest BCUT2D eigenvalue weighted by molar-refractivity contribution is -0.384. The van der Waals surface area contributed by atoms with Gasteiger partial charge in [-0.3, -0.25) is 19.9 Å². The fraction of sp³-hybridized carbons (Fsp3) is 0.0667. The number of nitrogens with zero attached hydrogens (tertiary/aromatic N) is 2. The van der Waals surface area contributed by atoms with Gasteiger partial charge in [0, 0.05) is 30.9 Å².